The van der Waals surface area contributed by atoms with Crippen molar-refractivity contribution in [3.63, 3.8) is 0 Å². The first kappa shape index (κ1) is 15.2. The molecule has 3 fully saturated rings. The maximum absolute atomic E-state index is 12.5. The Labute approximate surface area is 144 Å². The van der Waals surface area contributed by atoms with Crippen LogP contribution in [0.15, 0.2) is 45.8 Å². The molecule has 1 amide bonds. The first-order chi connectivity index (χ1) is 11.3. The van der Waals surface area contributed by atoms with Crippen molar-refractivity contribution in [3.8, 4) is 0 Å². The van der Waals surface area contributed by atoms with Gasteiger partial charge in [0.2, 0.25) is 0 Å². The Morgan fingerprint density at radius 1 is 1.26 bits per heavy atom. The van der Waals surface area contributed by atoms with Gasteiger partial charge in [-0.25, -0.2) is 4.98 Å². The summed E-state index contributed by atoms with van der Waals surface area (Å²) >= 11 is 3.14. The van der Waals surface area contributed by atoms with E-state index in [9.17, 15) is 4.79 Å². The van der Waals surface area contributed by atoms with Crippen molar-refractivity contribution < 1.29 is 4.79 Å². The average Bonchev–Trinajstić information content (AvgIpc) is 3.05. The molecule has 5 rings (SSSR count). The Kier molecular flexibility index (Phi) is 4.37. The summed E-state index contributed by atoms with van der Waals surface area (Å²) in [6, 6.07) is 10.1. The van der Waals surface area contributed by atoms with Crippen molar-refractivity contribution in [2.45, 2.75) is 28.1 Å². The molecule has 5 heterocycles. The van der Waals surface area contributed by atoms with Crippen LogP contribution >= 0.6 is 23.1 Å². The molecular weight excluding hydrogens is 326 g/mol. The van der Waals surface area contributed by atoms with Crippen LogP contribution in [0.1, 0.15) is 22.5 Å². The number of hydrogen-bond acceptors (Lipinski definition) is 5. The van der Waals surface area contributed by atoms with Crippen LogP contribution in [-0.2, 0) is 0 Å². The van der Waals surface area contributed by atoms with Gasteiger partial charge in [-0.1, -0.05) is 17.8 Å². The smallest absolute Gasteiger partial charge is 0.261 e. The van der Waals surface area contributed by atoms with Crippen LogP contribution in [0.3, 0.4) is 0 Å². The first-order valence-electron chi connectivity index (χ1n) is 8.00. The summed E-state index contributed by atoms with van der Waals surface area (Å²) < 4.78 is 1.10. The van der Waals surface area contributed by atoms with E-state index in [1.807, 2.05) is 30.3 Å². The van der Waals surface area contributed by atoms with Gasteiger partial charge in [0.25, 0.3) is 5.91 Å². The summed E-state index contributed by atoms with van der Waals surface area (Å²) in [6.45, 7) is 3.40. The molecule has 6 heteroatoms. The van der Waals surface area contributed by atoms with E-state index in [4.69, 9.17) is 0 Å². The Bertz CT molecular complexity index is 680. The number of hydrogen-bond donors (Lipinski definition) is 1. The van der Waals surface area contributed by atoms with Crippen molar-refractivity contribution in [3.05, 3.63) is 41.4 Å². The molecule has 0 aromatic carbocycles. The molecule has 0 aliphatic carbocycles. The number of carbonyl (C=O) groups excluding carboxylic acids is 1. The lowest BCUT2D eigenvalue weighted by Gasteiger charge is -2.44. The lowest BCUT2D eigenvalue weighted by Crippen LogP contribution is -2.57. The quantitative estimate of drug-likeness (QED) is 0.925. The van der Waals surface area contributed by atoms with Gasteiger partial charge in [0, 0.05) is 18.8 Å². The van der Waals surface area contributed by atoms with Crippen LogP contribution in [0.2, 0.25) is 0 Å². The second kappa shape index (κ2) is 6.63. The summed E-state index contributed by atoms with van der Waals surface area (Å²) in [5, 5.41) is 4.21. The van der Waals surface area contributed by atoms with Gasteiger partial charge in [0.1, 0.15) is 5.03 Å². The zero-order valence-corrected chi connectivity index (χ0v) is 14.4. The molecule has 2 aromatic rings. The Morgan fingerprint density at radius 2 is 2.13 bits per heavy atom. The van der Waals surface area contributed by atoms with Gasteiger partial charge in [-0.15, -0.1) is 11.3 Å². The lowest BCUT2D eigenvalue weighted by molar-refractivity contribution is 0.0622. The number of thiophene rings is 1. The molecule has 1 atom stereocenters. The highest BCUT2D eigenvalue weighted by Gasteiger charge is 2.35. The number of carbonyl (C=O) groups is 1. The van der Waals surface area contributed by atoms with Crippen molar-refractivity contribution in [1.82, 2.24) is 15.2 Å². The van der Waals surface area contributed by atoms with E-state index >= 15 is 0 Å². The lowest BCUT2D eigenvalue weighted by atomic mass is 9.84. The first-order valence-corrected chi connectivity index (χ1v) is 9.63. The number of aromatic nitrogens is 1. The highest BCUT2D eigenvalue weighted by molar-refractivity contribution is 8.01. The molecule has 23 heavy (non-hydrogen) atoms. The average molecular weight is 345 g/mol. The standard InChI is InChI=1S/C17H19N3OS2/c21-17(19-13-11-20-9-6-12(13)7-10-20)14-4-5-16(22-14)23-15-3-1-2-8-18-15/h1-5,8,12-13H,6-7,9-11H2,(H,19,21). The summed E-state index contributed by atoms with van der Waals surface area (Å²) in [4.78, 5) is 20.1. The normalized spacial score (nSPS) is 26.2. The summed E-state index contributed by atoms with van der Waals surface area (Å²) in [7, 11) is 0. The molecule has 0 saturated carbocycles. The third-order valence-corrected chi connectivity index (χ3v) is 6.79. The molecule has 2 bridgehead atoms. The predicted molar refractivity (Wildman–Crippen MR) is 93.1 cm³/mol. The van der Waals surface area contributed by atoms with E-state index < -0.39 is 0 Å². The third kappa shape index (κ3) is 3.44. The second-order valence-corrected chi connectivity index (χ2v) is 8.51. The minimum atomic E-state index is 0.0709. The van der Waals surface area contributed by atoms with Crippen molar-refractivity contribution >= 4 is 29.0 Å². The van der Waals surface area contributed by atoms with E-state index in [1.54, 1.807) is 29.3 Å². The molecule has 120 valence electrons. The van der Waals surface area contributed by atoms with Gasteiger partial charge in [-0.2, -0.15) is 0 Å². The fourth-order valence-electron chi connectivity index (χ4n) is 3.38. The molecule has 3 saturated heterocycles. The molecule has 1 N–H and O–H groups in total. The summed E-state index contributed by atoms with van der Waals surface area (Å²) in [5.41, 5.74) is 0. The molecule has 0 spiro atoms. The fourth-order valence-corrected chi connectivity index (χ4v) is 5.31. The monoisotopic (exact) mass is 345 g/mol. The van der Waals surface area contributed by atoms with Crippen LogP contribution in [0.4, 0.5) is 0 Å². The number of amides is 1. The van der Waals surface area contributed by atoms with Crippen molar-refractivity contribution in [1.29, 1.82) is 0 Å². The zero-order valence-electron chi connectivity index (χ0n) is 12.8. The topological polar surface area (TPSA) is 45.2 Å². The van der Waals surface area contributed by atoms with Crippen molar-refractivity contribution in [2.24, 2.45) is 5.92 Å². The van der Waals surface area contributed by atoms with E-state index in [2.05, 4.69) is 15.2 Å². The Hall–Kier alpha value is -1.37. The van der Waals surface area contributed by atoms with Crippen LogP contribution in [-0.4, -0.2) is 41.5 Å². The molecule has 0 radical (unpaired) electrons. The molecule has 2 aromatic heterocycles. The van der Waals surface area contributed by atoms with Crippen molar-refractivity contribution in [2.75, 3.05) is 19.6 Å². The van der Waals surface area contributed by atoms with Gasteiger partial charge >= 0.3 is 0 Å². The molecule has 1 unspecified atom stereocenters. The minimum Gasteiger partial charge on any atom is -0.347 e. The van der Waals surface area contributed by atoms with E-state index in [1.165, 1.54) is 25.9 Å². The largest absolute Gasteiger partial charge is 0.347 e. The molecule has 3 aliphatic rings. The third-order valence-electron chi connectivity index (χ3n) is 4.62. The fraction of sp³-hybridized carbons (Fsp3) is 0.412. The van der Waals surface area contributed by atoms with Gasteiger partial charge in [0.15, 0.2) is 0 Å². The highest BCUT2D eigenvalue weighted by atomic mass is 32.2. The van der Waals surface area contributed by atoms with Gasteiger partial charge in [-0.3, -0.25) is 4.79 Å². The summed E-state index contributed by atoms with van der Waals surface area (Å²) in [6.07, 6.45) is 4.23. The van der Waals surface area contributed by atoms with Gasteiger partial charge in [0.05, 0.1) is 9.09 Å². The Balaban J connectivity index is 1.39. The van der Waals surface area contributed by atoms with E-state index in [0.717, 1.165) is 20.7 Å². The molecule has 3 aliphatic heterocycles. The summed E-state index contributed by atoms with van der Waals surface area (Å²) in [5.74, 6) is 0.730. The van der Waals surface area contributed by atoms with Gasteiger partial charge < -0.3 is 10.2 Å². The number of rotatable bonds is 4. The maximum atomic E-state index is 12.5. The number of nitrogens with zero attached hydrogens (tertiary/aromatic N) is 2. The number of nitrogens with one attached hydrogen (secondary N) is 1. The number of piperidine rings is 3. The number of pyridine rings is 1. The minimum absolute atomic E-state index is 0.0709. The second-order valence-electron chi connectivity index (χ2n) is 6.11. The van der Waals surface area contributed by atoms with Crippen LogP contribution < -0.4 is 5.32 Å². The SMILES string of the molecule is O=C(NC1CN2CCC1CC2)c1ccc(Sc2ccccn2)s1. The van der Waals surface area contributed by atoms with Crippen LogP contribution in [0.25, 0.3) is 0 Å². The maximum Gasteiger partial charge on any atom is 0.261 e. The van der Waals surface area contributed by atoms with E-state index in [-0.39, 0.29) is 5.91 Å². The van der Waals surface area contributed by atoms with E-state index in [0.29, 0.717) is 12.0 Å². The predicted octanol–water partition coefficient (Wildman–Crippen LogP) is 3.12. The highest BCUT2D eigenvalue weighted by Crippen LogP contribution is 2.33. The van der Waals surface area contributed by atoms with Gasteiger partial charge in [-0.05, 0) is 56.1 Å². The van der Waals surface area contributed by atoms with Crippen LogP contribution in [0, 0.1) is 5.92 Å². The Morgan fingerprint density at radius 3 is 2.83 bits per heavy atom. The zero-order chi connectivity index (χ0) is 15.6. The van der Waals surface area contributed by atoms with Crippen LogP contribution in [0.5, 0.6) is 0 Å². The molecule has 4 nitrogen and oxygen atoms in total. The molecular formula is C17H19N3OS2. The number of fused-ring (bicyclic) bond motifs is 3.